The molecule has 1 spiro atoms. The molecule has 1 aliphatic heterocycles. The van der Waals surface area contributed by atoms with Gasteiger partial charge in [0.25, 0.3) is 5.91 Å². The maximum absolute atomic E-state index is 12.1. The first-order chi connectivity index (χ1) is 18.0. The molecular formula is C26H28N7O4-. The molecule has 0 radical (unpaired) electrons. The number of carbonyl (C=O) groups excluding carboxylic acids is 1. The van der Waals surface area contributed by atoms with Crippen LogP contribution in [0.15, 0.2) is 41.7 Å². The molecule has 2 atom stereocenters. The molecule has 3 aliphatic rings. The summed E-state index contributed by atoms with van der Waals surface area (Å²) < 4.78 is 13.9. The van der Waals surface area contributed by atoms with Crippen molar-refractivity contribution in [1.82, 2.24) is 20.0 Å². The zero-order valence-electron chi connectivity index (χ0n) is 20.5. The van der Waals surface area contributed by atoms with Gasteiger partial charge in [-0.2, -0.15) is 5.10 Å². The van der Waals surface area contributed by atoms with Crippen molar-refractivity contribution >= 4 is 29.0 Å². The van der Waals surface area contributed by atoms with Crippen LogP contribution in [0.4, 0.5) is 17.2 Å². The van der Waals surface area contributed by atoms with E-state index in [4.69, 9.17) is 15.2 Å². The lowest BCUT2D eigenvalue weighted by atomic mass is 9.73. The number of methoxy groups -OCH3 is 1. The van der Waals surface area contributed by atoms with Crippen LogP contribution in [0.3, 0.4) is 0 Å². The van der Waals surface area contributed by atoms with E-state index in [9.17, 15) is 9.90 Å². The highest BCUT2D eigenvalue weighted by Gasteiger charge is 2.51. The average molecular weight is 503 g/mol. The van der Waals surface area contributed by atoms with Crippen LogP contribution < -0.4 is 20.9 Å². The van der Waals surface area contributed by atoms with Crippen molar-refractivity contribution in [3.8, 4) is 16.9 Å². The Balaban J connectivity index is 1.31. The van der Waals surface area contributed by atoms with Crippen LogP contribution in [0.2, 0.25) is 0 Å². The van der Waals surface area contributed by atoms with Crippen molar-refractivity contribution in [3.05, 3.63) is 42.4 Å². The van der Waals surface area contributed by atoms with Gasteiger partial charge in [0.15, 0.2) is 11.5 Å². The first-order valence-electron chi connectivity index (χ1n) is 12.5. The number of benzene rings is 1. The van der Waals surface area contributed by atoms with Crippen molar-refractivity contribution in [1.29, 1.82) is 0 Å². The summed E-state index contributed by atoms with van der Waals surface area (Å²) in [5.41, 5.74) is 7.98. The molecule has 3 aromatic rings. The Labute approximate surface area is 213 Å². The fourth-order valence-corrected chi connectivity index (χ4v) is 5.27. The summed E-state index contributed by atoms with van der Waals surface area (Å²) >= 11 is 0. The Hall–Kier alpha value is -3.99. The van der Waals surface area contributed by atoms with Crippen molar-refractivity contribution in [3.63, 3.8) is 0 Å². The number of aromatic nitrogens is 4. The first-order valence-corrected chi connectivity index (χ1v) is 12.5. The highest BCUT2D eigenvalue weighted by Crippen LogP contribution is 2.51. The molecule has 1 amide bonds. The van der Waals surface area contributed by atoms with E-state index in [1.165, 1.54) is 6.07 Å². The van der Waals surface area contributed by atoms with Crippen molar-refractivity contribution < 1.29 is 19.4 Å². The van der Waals surface area contributed by atoms with Crippen LogP contribution in [0.1, 0.15) is 55.1 Å². The Morgan fingerprint density at radius 2 is 2.14 bits per heavy atom. The summed E-state index contributed by atoms with van der Waals surface area (Å²) in [6, 6.07) is 7.37. The summed E-state index contributed by atoms with van der Waals surface area (Å²) in [5.74, 6) is -0.372. The maximum atomic E-state index is 12.1. The second-order valence-corrected chi connectivity index (χ2v) is 9.85. The number of para-hydroxylation sites is 1. The fourth-order valence-electron chi connectivity index (χ4n) is 5.27. The number of primary amides is 1. The minimum atomic E-state index is -0.755. The molecule has 192 valence electrons. The summed E-state index contributed by atoms with van der Waals surface area (Å²) in [6.07, 6.45) is 9.78. The van der Waals surface area contributed by atoms with Crippen LogP contribution in [-0.2, 0) is 4.74 Å². The number of ether oxygens (including phenoxy) is 2. The summed E-state index contributed by atoms with van der Waals surface area (Å²) in [6.45, 7) is 0.813. The number of nitrogens with zero attached hydrogens (tertiary/aromatic N) is 5. The summed E-state index contributed by atoms with van der Waals surface area (Å²) in [5, 5.41) is 27.8. The molecule has 6 rings (SSSR count). The van der Waals surface area contributed by atoms with Crippen LogP contribution >= 0.6 is 0 Å². The van der Waals surface area contributed by atoms with E-state index in [0.29, 0.717) is 11.4 Å². The molecule has 1 aromatic carbocycles. The van der Waals surface area contributed by atoms with E-state index in [2.05, 4.69) is 25.6 Å². The largest absolute Gasteiger partial charge is 0.861 e. The zero-order valence-corrected chi connectivity index (χ0v) is 20.5. The molecule has 11 heteroatoms. The number of rotatable bonds is 8. The molecular weight excluding hydrogens is 474 g/mol. The van der Waals surface area contributed by atoms with Crippen molar-refractivity contribution in [2.45, 2.75) is 50.2 Å². The second-order valence-electron chi connectivity index (χ2n) is 9.85. The Kier molecular flexibility index (Phi) is 5.79. The van der Waals surface area contributed by atoms with Crippen LogP contribution in [0.5, 0.6) is 5.75 Å². The third-order valence-electron chi connectivity index (χ3n) is 7.47. The summed E-state index contributed by atoms with van der Waals surface area (Å²) in [4.78, 5) is 16.1. The lowest BCUT2D eigenvalue weighted by Crippen LogP contribution is -2.47. The number of amides is 1. The Morgan fingerprint density at radius 3 is 2.81 bits per heavy atom. The number of carbonyl (C=O) groups is 1. The molecule has 11 nitrogen and oxygen atoms in total. The minimum absolute atomic E-state index is 0.0539. The number of anilines is 2. The lowest BCUT2D eigenvalue weighted by Gasteiger charge is -2.45. The van der Waals surface area contributed by atoms with Gasteiger partial charge < -0.3 is 25.6 Å². The van der Waals surface area contributed by atoms with Gasteiger partial charge in [-0.25, -0.2) is 4.99 Å². The SMILES string of the molecule is COc1c(Nc2cc(N=C([O-])C3CC3)nnc2C(N)=O)cccc1-c1cnn([C@@H]2CC[C@]23CCCO3)c1. The van der Waals surface area contributed by atoms with E-state index in [0.717, 1.165) is 56.3 Å². The number of aliphatic imine (C=N–C) groups is 1. The second kappa shape index (κ2) is 9.15. The predicted molar refractivity (Wildman–Crippen MR) is 134 cm³/mol. The molecule has 3 heterocycles. The van der Waals surface area contributed by atoms with Gasteiger partial charge in [0, 0.05) is 30.0 Å². The highest BCUT2D eigenvalue weighted by atomic mass is 16.5. The van der Waals surface area contributed by atoms with E-state index in [1.54, 1.807) is 7.11 Å². The van der Waals surface area contributed by atoms with Gasteiger partial charge in [0.05, 0.1) is 36.3 Å². The van der Waals surface area contributed by atoms with E-state index < -0.39 is 5.91 Å². The molecule has 2 saturated carbocycles. The summed E-state index contributed by atoms with van der Waals surface area (Å²) in [7, 11) is 1.58. The highest BCUT2D eigenvalue weighted by molar-refractivity contribution is 5.98. The maximum Gasteiger partial charge on any atom is 0.271 e. The first kappa shape index (κ1) is 23.4. The Bertz CT molecular complexity index is 1370. The minimum Gasteiger partial charge on any atom is -0.861 e. The predicted octanol–water partition coefficient (Wildman–Crippen LogP) is 2.88. The van der Waals surface area contributed by atoms with E-state index in [1.807, 2.05) is 35.3 Å². The normalized spacial score (nSPS) is 23.2. The quantitative estimate of drug-likeness (QED) is 0.352. The van der Waals surface area contributed by atoms with Crippen LogP contribution in [-0.4, -0.2) is 51.1 Å². The number of nitrogens with one attached hydrogen (secondary N) is 1. The fraction of sp³-hybridized carbons (Fsp3) is 0.423. The van der Waals surface area contributed by atoms with Crippen LogP contribution in [0, 0.1) is 5.92 Å². The Morgan fingerprint density at radius 1 is 1.27 bits per heavy atom. The number of hydrogen-bond acceptors (Lipinski definition) is 9. The molecule has 37 heavy (non-hydrogen) atoms. The average Bonchev–Trinajstić information content (AvgIpc) is 3.40. The van der Waals surface area contributed by atoms with E-state index >= 15 is 0 Å². The molecule has 0 unspecified atom stereocenters. The van der Waals surface area contributed by atoms with Gasteiger partial charge >= 0.3 is 0 Å². The van der Waals surface area contributed by atoms with Gasteiger partial charge in [-0.1, -0.05) is 12.1 Å². The third-order valence-corrected chi connectivity index (χ3v) is 7.47. The number of nitrogens with two attached hydrogens (primary N) is 1. The van der Waals surface area contributed by atoms with Crippen molar-refractivity contribution in [2.75, 3.05) is 19.0 Å². The standard InChI is InChI=1S/C26H29N7O4/c1-36-23-17(16-13-28-33(14-16)20-8-10-26(20)9-3-11-37-26)4-2-5-18(23)29-19-12-21(30-25(35)15-6-7-15)31-32-22(19)24(27)34/h2,4-5,12-15,20H,3,6-11H2,1H3,(H2,27,34)(H2,29,30,31,35)/p-1/t20-,26-/m1/s1. The third kappa shape index (κ3) is 4.29. The molecule has 2 aliphatic carbocycles. The van der Waals surface area contributed by atoms with Crippen LogP contribution in [0.25, 0.3) is 11.1 Å². The molecule has 1 saturated heterocycles. The van der Waals surface area contributed by atoms with Gasteiger partial charge in [-0.15, -0.1) is 10.2 Å². The monoisotopic (exact) mass is 502 g/mol. The zero-order chi connectivity index (χ0) is 25.6. The molecule has 0 bridgehead atoms. The molecule has 3 N–H and O–H groups in total. The molecule has 2 aromatic heterocycles. The van der Waals surface area contributed by atoms with Gasteiger partial charge in [0.2, 0.25) is 0 Å². The molecule has 3 fully saturated rings. The van der Waals surface area contributed by atoms with Gasteiger partial charge in [-0.05, 0) is 56.4 Å². The topological polar surface area (TPSA) is 153 Å². The van der Waals surface area contributed by atoms with E-state index in [-0.39, 0.29) is 40.7 Å². The van der Waals surface area contributed by atoms with Gasteiger partial charge in [0.1, 0.15) is 5.75 Å². The lowest BCUT2D eigenvalue weighted by molar-refractivity contribution is -0.220. The smallest absolute Gasteiger partial charge is 0.271 e. The van der Waals surface area contributed by atoms with Gasteiger partial charge in [-0.3, -0.25) is 9.48 Å². The number of hydrogen-bond donors (Lipinski definition) is 2. The van der Waals surface area contributed by atoms with Crippen molar-refractivity contribution in [2.24, 2.45) is 16.6 Å².